The second-order valence-corrected chi connectivity index (χ2v) is 8.11. The molecule has 1 unspecified atom stereocenters. The normalized spacial score (nSPS) is 19.1. The molecule has 156 valence electrons. The third kappa shape index (κ3) is 3.93. The van der Waals surface area contributed by atoms with Gasteiger partial charge in [-0.25, -0.2) is 14.8 Å². The van der Waals surface area contributed by atoms with Crippen LogP contribution < -0.4 is 10.6 Å². The van der Waals surface area contributed by atoms with Crippen molar-refractivity contribution in [1.29, 1.82) is 0 Å². The molecule has 1 atom stereocenters. The Kier molecular flexibility index (Phi) is 5.77. The minimum absolute atomic E-state index is 0.0304. The number of hydrogen-bond acceptors (Lipinski definition) is 5. The molecule has 0 saturated carbocycles. The van der Waals surface area contributed by atoms with Crippen LogP contribution in [0.1, 0.15) is 19.4 Å². The SMILES string of the molecule is COCC1(Cl)C(C(=O)OC(C)C)=NC(C#Cc2ccccc2)=C2N=c3ccccc3=C21. The molecule has 0 radical (unpaired) electrons. The van der Waals surface area contributed by atoms with Crippen LogP contribution in [0.25, 0.3) is 5.57 Å². The maximum Gasteiger partial charge on any atom is 0.355 e. The van der Waals surface area contributed by atoms with Crippen molar-refractivity contribution in [3.05, 3.63) is 82.1 Å². The molecule has 0 N–H and O–H groups in total. The van der Waals surface area contributed by atoms with E-state index in [1.165, 1.54) is 7.11 Å². The zero-order chi connectivity index (χ0) is 22.0. The number of carbonyl (C=O) groups is 1. The molecule has 0 aliphatic carbocycles. The van der Waals surface area contributed by atoms with E-state index in [4.69, 9.17) is 26.1 Å². The lowest BCUT2D eigenvalue weighted by molar-refractivity contribution is -0.139. The summed E-state index contributed by atoms with van der Waals surface area (Å²) in [7, 11) is 1.53. The lowest BCUT2D eigenvalue weighted by Gasteiger charge is -2.32. The maximum atomic E-state index is 13.0. The summed E-state index contributed by atoms with van der Waals surface area (Å²) in [5, 5.41) is 1.58. The molecular formula is C25H21ClN2O3. The zero-order valence-corrected chi connectivity index (χ0v) is 18.2. The number of benzene rings is 2. The number of halogens is 1. The number of alkyl halides is 1. The average molecular weight is 433 g/mol. The predicted molar refractivity (Wildman–Crippen MR) is 120 cm³/mol. The molecule has 0 aromatic heterocycles. The summed E-state index contributed by atoms with van der Waals surface area (Å²) in [4.78, 5) is 21.0. The van der Waals surface area contributed by atoms with Crippen LogP contribution in [0.5, 0.6) is 0 Å². The Balaban J connectivity index is 1.98. The molecule has 0 saturated heterocycles. The van der Waals surface area contributed by atoms with Crippen molar-refractivity contribution in [2.24, 2.45) is 9.98 Å². The van der Waals surface area contributed by atoms with Gasteiger partial charge in [0.15, 0.2) is 5.71 Å². The first-order valence-electron chi connectivity index (χ1n) is 9.92. The standard InChI is InChI=1S/C25H21ClN2O3/c1-16(2)31-24(29)23-25(26,15-30-3)21-18-11-7-8-12-19(18)27-22(21)20(28-23)14-13-17-9-5-4-6-10-17/h4-12,16H,15H2,1-3H3. The Bertz CT molecular complexity index is 1280. The summed E-state index contributed by atoms with van der Waals surface area (Å²) in [5.74, 6) is 5.58. The summed E-state index contributed by atoms with van der Waals surface area (Å²) in [5.41, 5.74) is 2.46. The van der Waals surface area contributed by atoms with Crippen LogP contribution in [-0.4, -0.2) is 36.4 Å². The number of nitrogens with zero attached hydrogens (tertiary/aromatic N) is 2. The molecule has 5 nitrogen and oxygen atoms in total. The van der Waals surface area contributed by atoms with Crippen molar-refractivity contribution >= 4 is 28.9 Å². The van der Waals surface area contributed by atoms with Crippen LogP contribution in [0.2, 0.25) is 0 Å². The van der Waals surface area contributed by atoms with Gasteiger partial charge < -0.3 is 9.47 Å². The number of fused-ring (bicyclic) bond motifs is 2. The second kappa shape index (κ2) is 8.50. The van der Waals surface area contributed by atoms with Gasteiger partial charge in [-0.15, -0.1) is 11.6 Å². The molecule has 2 heterocycles. The first-order valence-corrected chi connectivity index (χ1v) is 10.3. The third-order valence-electron chi connectivity index (χ3n) is 4.84. The van der Waals surface area contributed by atoms with Crippen LogP contribution in [0.3, 0.4) is 0 Å². The highest BCUT2D eigenvalue weighted by molar-refractivity contribution is 6.57. The largest absolute Gasteiger partial charge is 0.458 e. The Morgan fingerprint density at radius 2 is 1.77 bits per heavy atom. The number of aliphatic imine (C=N–C) groups is 1. The van der Waals surface area contributed by atoms with Gasteiger partial charge in [-0.1, -0.05) is 42.3 Å². The van der Waals surface area contributed by atoms with Gasteiger partial charge in [-0.3, -0.25) is 0 Å². The van der Waals surface area contributed by atoms with Crippen LogP contribution >= 0.6 is 11.6 Å². The van der Waals surface area contributed by atoms with Crippen LogP contribution in [0, 0.1) is 11.8 Å². The van der Waals surface area contributed by atoms with Crippen molar-refractivity contribution < 1.29 is 14.3 Å². The van der Waals surface area contributed by atoms with Crippen molar-refractivity contribution in [1.82, 2.24) is 0 Å². The Hall–Kier alpha value is -3.20. The first-order chi connectivity index (χ1) is 14.9. The molecule has 0 bridgehead atoms. The van der Waals surface area contributed by atoms with Crippen molar-refractivity contribution in [2.75, 3.05) is 13.7 Å². The maximum absolute atomic E-state index is 13.0. The molecular weight excluding hydrogens is 412 g/mol. The smallest absolute Gasteiger partial charge is 0.355 e. The highest BCUT2D eigenvalue weighted by Crippen LogP contribution is 2.40. The Morgan fingerprint density at radius 3 is 2.48 bits per heavy atom. The van der Waals surface area contributed by atoms with Crippen LogP contribution in [0.4, 0.5) is 0 Å². The quantitative estimate of drug-likeness (QED) is 0.424. The van der Waals surface area contributed by atoms with Crippen molar-refractivity contribution in [3.8, 4) is 11.8 Å². The molecule has 0 amide bonds. The second-order valence-electron chi connectivity index (χ2n) is 7.47. The average Bonchev–Trinajstić information content (AvgIpc) is 3.14. The minimum Gasteiger partial charge on any atom is -0.458 e. The van der Waals surface area contributed by atoms with E-state index in [2.05, 4.69) is 16.8 Å². The van der Waals surface area contributed by atoms with Gasteiger partial charge >= 0.3 is 5.97 Å². The molecule has 2 aromatic carbocycles. The fraction of sp³-hybridized carbons (Fsp3) is 0.240. The van der Waals surface area contributed by atoms with E-state index in [1.807, 2.05) is 54.6 Å². The van der Waals surface area contributed by atoms with Crippen LogP contribution in [0.15, 0.2) is 76.0 Å². The van der Waals surface area contributed by atoms with E-state index < -0.39 is 10.8 Å². The molecule has 0 spiro atoms. The van der Waals surface area contributed by atoms with Crippen molar-refractivity contribution in [2.45, 2.75) is 24.8 Å². The van der Waals surface area contributed by atoms with E-state index in [9.17, 15) is 4.79 Å². The topological polar surface area (TPSA) is 60.2 Å². The molecule has 0 fully saturated rings. The number of ether oxygens (including phenoxy) is 2. The summed E-state index contributed by atoms with van der Waals surface area (Å²) < 4.78 is 10.9. The molecule has 2 aliphatic heterocycles. The first kappa shape index (κ1) is 21.0. The Morgan fingerprint density at radius 1 is 1.06 bits per heavy atom. The van der Waals surface area contributed by atoms with E-state index in [1.54, 1.807) is 13.8 Å². The summed E-state index contributed by atoms with van der Waals surface area (Å²) in [6.45, 7) is 3.58. The van der Waals surface area contributed by atoms with Gasteiger partial charge in [0.2, 0.25) is 0 Å². The van der Waals surface area contributed by atoms with Gasteiger partial charge in [0.1, 0.15) is 16.3 Å². The number of allylic oxidation sites excluding steroid dienone is 2. The fourth-order valence-electron chi connectivity index (χ4n) is 3.59. The molecule has 2 aliphatic rings. The van der Waals surface area contributed by atoms with E-state index >= 15 is 0 Å². The van der Waals surface area contributed by atoms with Gasteiger partial charge in [-0.05, 0) is 38.0 Å². The van der Waals surface area contributed by atoms with Gasteiger partial charge in [0, 0.05) is 23.5 Å². The van der Waals surface area contributed by atoms with E-state index in [0.717, 1.165) is 16.1 Å². The molecule has 6 heteroatoms. The number of methoxy groups -OCH3 is 1. The van der Waals surface area contributed by atoms with E-state index in [-0.39, 0.29) is 18.4 Å². The number of rotatable bonds is 4. The number of para-hydroxylation sites is 1. The van der Waals surface area contributed by atoms with Gasteiger partial charge in [-0.2, -0.15) is 0 Å². The monoisotopic (exact) mass is 432 g/mol. The Labute approximate surface area is 185 Å². The number of carbonyl (C=O) groups excluding carboxylic acids is 1. The lowest BCUT2D eigenvalue weighted by Crippen LogP contribution is -2.48. The van der Waals surface area contributed by atoms with Crippen LogP contribution in [-0.2, 0) is 14.3 Å². The highest BCUT2D eigenvalue weighted by Gasteiger charge is 2.49. The summed E-state index contributed by atoms with van der Waals surface area (Å²) in [6.07, 6.45) is -0.326. The third-order valence-corrected chi connectivity index (χ3v) is 5.32. The van der Waals surface area contributed by atoms with Crippen molar-refractivity contribution in [3.63, 3.8) is 0 Å². The zero-order valence-electron chi connectivity index (χ0n) is 17.5. The number of esters is 1. The summed E-state index contributed by atoms with van der Waals surface area (Å²) in [6, 6.07) is 17.2. The molecule has 4 rings (SSSR count). The minimum atomic E-state index is -1.34. The van der Waals surface area contributed by atoms with E-state index in [0.29, 0.717) is 17.0 Å². The molecule has 2 aromatic rings. The fourth-order valence-corrected chi connectivity index (χ4v) is 4.01. The number of hydrogen-bond donors (Lipinski definition) is 0. The predicted octanol–water partition coefficient (Wildman–Crippen LogP) is 2.76. The van der Waals surface area contributed by atoms with Gasteiger partial charge in [0.05, 0.1) is 18.1 Å². The highest BCUT2D eigenvalue weighted by atomic mass is 35.5. The summed E-state index contributed by atoms with van der Waals surface area (Å²) >= 11 is 7.09. The lowest BCUT2D eigenvalue weighted by atomic mass is 9.87. The molecule has 31 heavy (non-hydrogen) atoms. The van der Waals surface area contributed by atoms with Gasteiger partial charge in [0.25, 0.3) is 0 Å².